The highest BCUT2D eigenvalue weighted by molar-refractivity contribution is 9.10. The smallest absolute Gasteiger partial charge is 0.130 e. The van der Waals surface area contributed by atoms with Gasteiger partial charge in [0.05, 0.1) is 6.10 Å². The van der Waals surface area contributed by atoms with Gasteiger partial charge in [0, 0.05) is 20.9 Å². The fourth-order valence-corrected chi connectivity index (χ4v) is 2.53. The van der Waals surface area contributed by atoms with Gasteiger partial charge in [-0.25, -0.2) is 8.78 Å². The van der Waals surface area contributed by atoms with Gasteiger partial charge in [-0.2, -0.15) is 0 Å². The number of aliphatic hydroxyl groups excluding tert-OH is 1. The predicted molar refractivity (Wildman–Crippen MR) is 76.9 cm³/mol. The van der Waals surface area contributed by atoms with Crippen molar-refractivity contribution in [3.63, 3.8) is 0 Å². The molecule has 0 bridgehead atoms. The first-order chi connectivity index (χ1) is 8.97. The van der Waals surface area contributed by atoms with Crippen molar-refractivity contribution < 1.29 is 13.9 Å². The van der Waals surface area contributed by atoms with Gasteiger partial charge in [-0.15, -0.1) is 0 Å². The molecule has 100 valence electrons. The van der Waals surface area contributed by atoms with Crippen LogP contribution in [-0.4, -0.2) is 5.11 Å². The molecule has 5 heteroatoms. The van der Waals surface area contributed by atoms with Crippen molar-refractivity contribution >= 4 is 31.9 Å². The van der Waals surface area contributed by atoms with Crippen molar-refractivity contribution in [2.24, 2.45) is 0 Å². The highest BCUT2D eigenvalue weighted by Crippen LogP contribution is 2.26. The van der Waals surface area contributed by atoms with Crippen LogP contribution < -0.4 is 0 Å². The van der Waals surface area contributed by atoms with Crippen molar-refractivity contribution in [2.75, 3.05) is 0 Å². The van der Waals surface area contributed by atoms with E-state index in [0.29, 0.717) is 14.5 Å². The maximum atomic E-state index is 13.7. The van der Waals surface area contributed by atoms with Crippen LogP contribution in [0.2, 0.25) is 0 Å². The molecule has 0 spiro atoms. The largest absolute Gasteiger partial charge is 0.388 e. The average molecular weight is 392 g/mol. The lowest BCUT2D eigenvalue weighted by Crippen LogP contribution is -2.06. The molecule has 1 atom stereocenters. The standard InChI is InChI=1S/C14H10Br2F2O/c15-9-2-4-12(17)8(5-9)6-14(19)11-3-1-10(16)7-13(11)18/h1-5,7,14,19H,6H2. The lowest BCUT2D eigenvalue weighted by Gasteiger charge is -2.13. The van der Waals surface area contributed by atoms with Gasteiger partial charge in [0.25, 0.3) is 0 Å². The van der Waals surface area contributed by atoms with Gasteiger partial charge in [0.15, 0.2) is 0 Å². The molecule has 0 aromatic heterocycles. The molecular formula is C14H10Br2F2O. The summed E-state index contributed by atoms with van der Waals surface area (Å²) in [5, 5.41) is 10.0. The third-order valence-corrected chi connectivity index (χ3v) is 3.73. The second-order valence-electron chi connectivity index (χ2n) is 4.12. The number of hydrogen-bond donors (Lipinski definition) is 1. The van der Waals surface area contributed by atoms with E-state index in [1.807, 2.05) is 0 Å². The second kappa shape index (κ2) is 6.11. The van der Waals surface area contributed by atoms with E-state index >= 15 is 0 Å². The summed E-state index contributed by atoms with van der Waals surface area (Å²) in [6.07, 6.45) is -1.07. The molecule has 0 aliphatic rings. The Morgan fingerprint density at radius 2 is 1.58 bits per heavy atom. The Labute approximate surface area is 126 Å². The summed E-state index contributed by atoms with van der Waals surface area (Å²) in [5.41, 5.74) is 0.492. The number of rotatable bonds is 3. The third-order valence-electron chi connectivity index (χ3n) is 2.74. The quantitative estimate of drug-likeness (QED) is 0.799. The van der Waals surface area contributed by atoms with Gasteiger partial charge in [-0.1, -0.05) is 37.9 Å². The molecular weight excluding hydrogens is 382 g/mol. The first kappa shape index (κ1) is 14.6. The number of benzene rings is 2. The van der Waals surface area contributed by atoms with Gasteiger partial charge >= 0.3 is 0 Å². The molecule has 1 N–H and O–H groups in total. The summed E-state index contributed by atoms with van der Waals surface area (Å²) < 4.78 is 28.6. The number of aliphatic hydroxyl groups is 1. The predicted octanol–water partition coefficient (Wildman–Crippen LogP) is 4.77. The molecule has 1 nitrogen and oxygen atoms in total. The summed E-state index contributed by atoms with van der Waals surface area (Å²) >= 11 is 6.38. The second-order valence-corrected chi connectivity index (χ2v) is 5.95. The van der Waals surface area contributed by atoms with Gasteiger partial charge in [-0.05, 0) is 35.9 Å². The molecule has 0 aliphatic heterocycles. The molecule has 0 saturated carbocycles. The zero-order valence-electron chi connectivity index (χ0n) is 9.71. The van der Waals surface area contributed by atoms with Gasteiger partial charge in [-0.3, -0.25) is 0 Å². The number of hydrogen-bond acceptors (Lipinski definition) is 1. The van der Waals surface area contributed by atoms with Crippen LogP contribution in [0, 0.1) is 11.6 Å². The Hall–Kier alpha value is -0.780. The maximum absolute atomic E-state index is 13.7. The zero-order valence-corrected chi connectivity index (χ0v) is 12.9. The van der Waals surface area contributed by atoms with Crippen LogP contribution in [0.25, 0.3) is 0 Å². The van der Waals surface area contributed by atoms with E-state index in [9.17, 15) is 13.9 Å². The summed E-state index contributed by atoms with van der Waals surface area (Å²) in [4.78, 5) is 0. The third kappa shape index (κ3) is 3.61. The molecule has 0 fully saturated rings. The monoisotopic (exact) mass is 390 g/mol. The van der Waals surface area contributed by atoms with Crippen LogP contribution in [-0.2, 0) is 6.42 Å². The molecule has 0 heterocycles. The van der Waals surface area contributed by atoms with Gasteiger partial charge in [0.1, 0.15) is 11.6 Å². The van der Waals surface area contributed by atoms with Crippen LogP contribution in [0.4, 0.5) is 8.78 Å². The average Bonchev–Trinajstić information content (AvgIpc) is 2.33. The van der Waals surface area contributed by atoms with E-state index in [-0.39, 0.29) is 12.0 Å². The lowest BCUT2D eigenvalue weighted by molar-refractivity contribution is 0.172. The summed E-state index contributed by atoms with van der Waals surface area (Å²) in [6.45, 7) is 0. The van der Waals surface area contributed by atoms with Crippen LogP contribution >= 0.6 is 31.9 Å². The maximum Gasteiger partial charge on any atom is 0.130 e. The Kier molecular flexibility index (Phi) is 4.71. The zero-order chi connectivity index (χ0) is 14.0. The Morgan fingerprint density at radius 1 is 0.947 bits per heavy atom. The van der Waals surface area contributed by atoms with Crippen molar-refractivity contribution in [1.82, 2.24) is 0 Å². The minimum absolute atomic E-state index is 0.0177. The minimum atomic E-state index is -1.09. The molecule has 0 saturated heterocycles. The Morgan fingerprint density at radius 3 is 2.26 bits per heavy atom. The van der Waals surface area contributed by atoms with Crippen molar-refractivity contribution in [3.8, 4) is 0 Å². The van der Waals surface area contributed by atoms with E-state index in [0.717, 1.165) is 0 Å². The topological polar surface area (TPSA) is 20.2 Å². The van der Waals surface area contributed by atoms with E-state index in [1.165, 1.54) is 18.2 Å². The van der Waals surface area contributed by atoms with Crippen LogP contribution in [0.1, 0.15) is 17.2 Å². The number of halogens is 4. The summed E-state index contributed by atoms with van der Waals surface area (Å²) in [6, 6.07) is 8.86. The first-order valence-electron chi connectivity index (χ1n) is 5.54. The lowest BCUT2D eigenvalue weighted by atomic mass is 10.0. The fraction of sp³-hybridized carbons (Fsp3) is 0.143. The van der Waals surface area contributed by atoms with Crippen LogP contribution in [0.3, 0.4) is 0 Å². The molecule has 19 heavy (non-hydrogen) atoms. The fourth-order valence-electron chi connectivity index (χ4n) is 1.79. The Balaban J connectivity index is 2.25. The minimum Gasteiger partial charge on any atom is -0.388 e. The molecule has 1 unspecified atom stereocenters. The molecule has 0 amide bonds. The highest BCUT2D eigenvalue weighted by atomic mass is 79.9. The van der Waals surface area contributed by atoms with Gasteiger partial charge in [0.2, 0.25) is 0 Å². The Bertz CT molecular complexity index is 602. The molecule has 2 aromatic carbocycles. The molecule has 2 rings (SSSR count). The van der Waals surface area contributed by atoms with Crippen LogP contribution in [0.15, 0.2) is 45.3 Å². The molecule has 0 radical (unpaired) electrons. The van der Waals surface area contributed by atoms with Crippen molar-refractivity contribution in [2.45, 2.75) is 12.5 Å². The van der Waals surface area contributed by atoms with E-state index in [4.69, 9.17) is 0 Å². The molecule has 0 aliphatic carbocycles. The van der Waals surface area contributed by atoms with Crippen molar-refractivity contribution in [1.29, 1.82) is 0 Å². The van der Waals surface area contributed by atoms with E-state index in [1.54, 1.807) is 18.2 Å². The summed E-state index contributed by atoms with van der Waals surface area (Å²) in [5.74, 6) is -0.933. The van der Waals surface area contributed by atoms with E-state index in [2.05, 4.69) is 31.9 Å². The normalized spacial score (nSPS) is 12.5. The summed E-state index contributed by atoms with van der Waals surface area (Å²) in [7, 11) is 0. The SMILES string of the molecule is OC(Cc1cc(Br)ccc1F)c1ccc(Br)cc1F. The van der Waals surface area contributed by atoms with E-state index < -0.39 is 17.7 Å². The van der Waals surface area contributed by atoms with Crippen LogP contribution in [0.5, 0.6) is 0 Å². The van der Waals surface area contributed by atoms with Gasteiger partial charge < -0.3 is 5.11 Å². The van der Waals surface area contributed by atoms with Crippen molar-refractivity contribution in [3.05, 3.63) is 68.1 Å². The first-order valence-corrected chi connectivity index (χ1v) is 7.13. The molecule has 2 aromatic rings. The highest BCUT2D eigenvalue weighted by Gasteiger charge is 2.16.